The number of carboxylic acid groups (broad SMARTS) is 1. The van der Waals surface area contributed by atoms with E-state index in [1.165, 1.54) is 18.3 Å². The molecule has 0 saturated carbocycles. The number of amides is 2. The van der Waals surface area contributed by atoms with Crippen LogP contribution in [0.3, 0.4) is 0 Å². The number of hydrogen-bond donors (Lipinski definition) is 3. The first-order valence-corrected chi connectivity index (χ1v) is 7.03. The third kappa shape index (κ3) is 2.90. The van der Waals surface area contributed by atoms with E-state index in [0.29, 0.717) is 6.42 Å². The molecule has 1 unspecified atom stereocenters. The standard InChI is InChI=1S/C12H16N4O3S/c1-3-12(2,9(17)18)15-10(19)13-6-8-7-16-4-5-20-11(16)14-8/h4-5,7H,3,6H2,1-2H3,(H,17,18)(H2,13,15,19). The largest absolute Gasteiger partial charge is 0.480 e. The zero-order valence-electron chi connectivity index (χ0n) is 11.2. The Kier molecular flexibility index (Phi) is 3.93. The summed E-state index contributed by atoms with van der Waals surface area (Å²) in [6.45, 7) is 3.43. The summed E-state index contributed by atoms with van der Waals surface area (Å²) >= 11 is 1.51. The first-order valence-electron chi connectivity index (χ1n) is 6.15. The minimum atomic E-state index is -1.27. The molecule has 2 aromatic rings. The second-order valence-corrected chi connectivity index (χ2v) is 5.50. The highest BCUT2D eigenvalue weighted by atomic mass is 32.1. The van der Waals surface area contributed by atoms with Crippen LogP contribution in [0.2, 0.25) is 0 Å². The highest BCUT2D eigenvalue weighted by Crippen LogP contribution is 2.11. The summed E-state index contributed by atoms with van der Waals surface area (Å²) in [6.07, 6.45) is 4.01. The van der Waals surface area contributed by atoms with E-state index in [0.717, 1.165) is 10.7 Å². The van der Waals surface area contributed by atoms with Gasteiger partial charge in [0.25, 0.3) is 0 Å². The zero-order valence-corrected chi connectivity index (χ0v) is 12.0. The summed E-state index contributed by atoms with van der Waals surface area (Å²) in [4.78, 5) is 28.0. The molecule has 108 valence electrons. The number of carboxylic acids is 1. The molecule has 3 N–H and O–H groups in total. The smallest absolute Gasteiger partial charge is 0.329 e. The first-order chi connectivity index (χ1) is 9.44. The van der Waals surface area contributed by atoms with Crippen LogP contribution in [-0.4, -0.2) is 32.0 Å². The lowest BCUT2D eigenvalue weighted by Crippen LogP contribution is -2.54. The van der Waals surface area contributed by atoms with Crippen molar-refractivity contribution in [3.63, 3.8) is 0 Å². The molecule has 0 aliphatic heterocycles. The van der Waals surface area contributed by atoms with Gasteiger partial charge in [0, 0.05) is 17.8 Å². The van der Waals surface area contributed by atoms with Crippen molar-refractivity contribution in [2.24, 2.45) is 0 Å². The Morgan fingerprint density at radius 1 is 1.55 bits per heavy atom. The number of carbonyl (C=O) groups excluding carboxylic acids is 1. The van der Waals surface area contributed by atoms with Crippen molar-refractivity contribution in [2.45, 2.75) is 32.4 Å². The number of aromatic nitrogens is 2. The molecule has 7 nitrogen and oxygen atoms in total. The van der Waals surface area contributed by atoms with Crippen LogP contribution in [-0.2, 0) is 11.3 Å². The van der Waals surface area contributed by atoms with Crippen LogP contribution >= 0.6 is 11.3 Å². The van der Waals surface area contributed by atoms with Gasteiger partial charge in [0.15, 0.2) is 4.96 Å². The van der Waals surface area contributed by atoms with Gasteiger partial charge in [-0.1, -0.05) is 6.92 Å². The lowest BCUT2D eigenvalue weighted by atomic mass is 10.00. The predicted molar refractivity (Wildman–Crippen MR) is 74.8 cm³/mol. The van der Waals surface area contributed by atoms with Gasteiger partial charge in [-0.25, -0.2) is 14.6 Å². The molecule has 2 heterocycles. The molecular formula is C12H16N4O3S. The second kappa shape index (κ2) is 5.49. The average Bonchev–Trinajstić information content (AvgIpc) is 2.96. The van der Waals surface area contributed by atoms with Crippen LogP contribution in [0.25, 0.3) is 4.96 Å². The molecule has 0 saturated heterocycles. The number of nitrogens with one attached hydrogen (secondary N) is 2. The van der Waals surface area contributed by atoms with E-state index in [4.69, 9.17) is 5.11 Å². The first kappa shape index (κ1) is 14.3. The number of nitrogens with zero attached hydrogens (tertiary/aromatic N) is 2. The number of imidazole rings is 1. The summed E-state index contributed by atoms with van der Waals surface area (Å²) in [6, 6.07) is -0.520. The summed E-state index contributed by atoms with van der Waals surface area (Å²) in [5.41, 5.74) is -0.543. The lowest BCUT2D eigenvalue weighted by Gasteiger charge is -2.24. The molecule has 2 amide bonds. The Hall–Kier alpha value is -2.09. The Morgan fingerprint density at radius 3 is 2.90 bits per heavy atom. The topological polar surface area (TPSA) is 95.7 Å². The Morgan fingerprint density at radius 2 is 2.30 bits per heavy atom. The van der Waals surface area contributed by atoms with E-state index in [2.05, 4.69) is 15.6 Å². The van der Waals surface area contributed by atoms with Crippen molar-refractivity contribution in [1.82, 2.24) is 20.0 Å². The molecule has 0 spiro atoms. The van der Waals surface area contributed by atoms with Gasteiger partial charge < -0.3 is 15.7 Å². The van der Waals surface area contributed by atoms with Gasteiger partial charge in [-0.05, 0) is 13.3 Å². The van der Waals surface area contributed by atoms with Gasteiger partial charge in [0.2, 0.25) is 0 Å². The third-order valence-electron chi connectivity index (χ3n) is 3.14. The Labute approximate surface area is 119 Å². The second-order valence-electron chi connectivity index (χ2n) is 4.62. The normalized spacial score (nSPS) is 13.9. The van der Waals surface area contributed by atoms with Crippen LogP contribution in [0.15, 0.2) is 17.8 Å². The molecule has 0 aliphatic carbocycles. The van der Waals surface area contributed by atoms with Gasteiger partial charge in [-0.3, -0.25) is 4.40 Å². The number of urea groups is 1. The van der Waals surface area contributed by atoms with Gasteiger partial charge in [0.1, 0.15) is 5.54 Å². The molecule has 2 rings (SSSR count). The Balaban J connectivity index is 1.92. The molecular weight excluding hydrogens is 280 g/mol. The van der Waals surface area contributed by atoms with Crippen molar-refractivity contribution in [3.05, 3.63) is 23.5 Å². The third-order valence-corrected chi connectivity index (χ3v) is 3.91. The van der Waals surface area contributed by atoms with Crippen molar-refractivity contribution in [3.8, 4) is 0 Å². The quantitative estimate of drug-likeness (QED) is 0.778. The van der Waals surface area contributed by atoms with E-state index < -0.39 is 17.5 Å². The number of thiazole rings is 1. The summed E-state index contributed by atoms with van der Waals surface area (Å²) in [7, 11) is 0. The summed E-state index contributed by atoms with van der Waals surface area (Å²) in [5.74, 6) is -1.06. The molecule has 0 aliphatic rings. The van der Waals surface area contributed by atoms with Crippen LogP contribution < -0.4 is 10.6 Å². The summed E-state index contributed by atoms with van der Waals surface area (Å²) < 4.78 is 1.87. The fourth-order valence-electron chi connectivity index (χ4n) is 1.62. The predicted octanol–water partition coefficient (Wildman–Crippen LogP) is 1.45. The van der Waals surface area contributed by atoms with Crippen LogP contribution in [0.5, 0.6) is 0 Å². The van der Waals surface area contributed by atoms with Crippen molar-refractivity contribution >= 4 is 28.3 Å². The number of aliphatic carboxylic acids is 1. The van der Waals surface area contributed by atoms with Gasteiger partial charge in [0.05, 0.1) is 12.2 Å². The fourth-order valence-corrected chi connectivity index (χ4v) is 2.34. The van der Waals surface area contributed by atoms with Crippen LogP contribution in [0, 0.1) is 0 Å². The molecule has 20 heavy (non-hydrogen) atoms. The van der Waals surface area contributed by atoms with Gasteiger partial charge in [-0.15, -0.1) is 11.3 Å². The van der Waals surface area contributed by atoms with Gasteiger partial charge in [-0.2, -0.15) is 0 Å². The Bertz CT molecular complexity index is 607. The number of fused-ring (bicyclic) bond motifs is 1. The molecule has 0 fully saturated rings. The highest BCUT2D eigenvalue weighted by molar-refractivity contribution is 7.15. The molecule has 0 bridgehead atoms. The summed E-state index contributed by atoms with van der Waals surface area (Å²) in [5, 5.41) is 16.1. The fraction of sp³-hybridized carbons (Fsp3) is 0.417. The van der Waals surface area contributed by atoms with Crippen molar-refractivity contribution < 1.29 is 14.7 Å². The maximum absolute atomic E-state index is 11.7. The maximum Gasteiger partial charge on any atom is 0.329 e. The lowest BCUT2D eigenvalue weighted by molar-refractivity contribution is -0.143. The minimum Gasteiger partial charge on any atom is -0.480 e. The van der Waals surface area contributed by atoms with Crippen LogP contribution in [0.4, 0.5) is 4.79 Å². The maximum atomic E-state index is 11.7. The molecule has 0 aromatic carbocycles. The number of rotatable bonds is 5. The van der Waals surface area contributed by atoms with E-state index in [1.807, 2.05) is 22.2 Å². The molecule has 0 radical (unpaired) electrons. The monoisotopic (exact) mass is 296 g/mol. The van der Waals surface area contributed by atoms with E-state index in [-0.39, 0.29) is 6.54 Å². The SMILES string of the molecule is CCC(C)(NC(=O)NCc1cn2ccsc2n1)C(=O)O. The zero-order chi connectivity index (χ0) is 14.8. The van der Waals surface area contributed by atoms with Crippen molar-refractivity contribution in [2.75, 3.05) is 0 Å². The average molecular weight is 296 g/mol. The highest BCUT2D eigenvalue weighted by Gasteiger charge is 2.32. The van der Waals surface area contributed by atoms with E-state index >= 15 is 0 Å². The van der Waals surface area contributed by atoms with E-state index in [9.17, 15) is 9.59 Å². The number of carbonyl (C=O) groups is 2. The minimum absolute atomic E-state index is 0.250. The van der Waals surface area contributed by atoms with Crippen molar-refractivity contribution in [1.29, 1.82) is 0 Å². The number of hydrogen-bond acceptors (Lipinski definition) is 4. The van der Waals surface area contributed by atoms with E-state index in [1.54, 1.807) is 6.92 Å². The molecule has 2 aromatic heterocycles. The molecule has 8 heteroatoms. The van der Waals surface area contributed by atoms with Gasteiger partial charge >= 0.3 is 12.0 Å². The molecule has 1 atom stereocenters. The van der Waals surface area contributed by atoms with Crippen LogP contribution in [0.1, 0.15) is 26.0 Å².